The number of phenolic OH excluding ortho intramolecular Hbond substituents is 2. The van der Waals surface area contributed by atoms with Crippen molar-refractivity contribution in [3.8, 4) is 17.2 Å². The van der Waals surface area contributed by atoms with E-state index >= 15 is 0 Å². The SMILES string of the molecule is CC1(C)CC(=O)c2cc(O)c(O)cc2O1. The van der Waals surface area contributed by atoms with E-state index in [2.05, 4.69) is 0 Å². The number of phenols is 2. The molecule has 0 bridgehead atoms. The highest BCUT2D eigenvalue weighted by atomic mass is 16.5. The van der Waals surface area contributed by atoms with Crippen LogP contribution in [0.2, 0.25) is 0 Å². The fraction of sp³-hybridized carbons (Fsp3) is 0.364. The Labute approximate surface area is 87.1 Å². The van der Waals surface area contributed by atoms with Crippen molar-refractivity contribution in [2.24, 2.45) is 0 Å². The first kappa shape index (κ1) is 9.83. The standard InChI is InChI=1S/C11H12O4/c1-11(2)5-9(14)6-3-7(12)8(13)4-10(6)15-11/h3-4,12-13H,5H2,1-2H3. The maximum Gasteiger partial charge on any atom is 0.170 e. The first-order valence-corrected chi connectivity index (χ1v) is 4.67. The van der Waals surface area contributed by atoms with E-state index in [1.807, 2.05) is 0 Å². The van der Waals surface area contributed by atoms with Crippen LogP contribution in [0.1, 0.15) is 30.6 Å². The van der Waals surface area contributed by atoms with Gasteiger partial charge in [0.05, 0.1) is 12.0 Å². The maximum atomic E-state index is 11.7. The summed E-state index contributed by atoms with van der Waals surface area (Å²) in [5.41, 5.74) is -0.238. The van der Waals surface area contributed by atoms with Gasteiger partial charge >= 0.3 is 0 Å². The first-order chi connectivity index (χ1) is 6.89. The lowest BCUT2D eigenvalue weighted by atomic mass is 9.93. The Hall–Kier alpha value is -1.71. The summed E-state index contributed by atoms with van der Waals surface area (Å²) in [6, 6.07) is 2.51. The number of aromatic hydroxyl groups is 2. The zero-order chi connectivity index (χ0) is 11.2. The predicted molar refractivity (Wildman–Crippen MR) is 53.4 cm³/mol. The molecule has 0 aliphatic carbocycles. The third-order valence-corrected chi connectivity index (χ3v) is 2.35. The zero-order valence-electron chi connectivity index (χ0n) is 8.57. The van der Waals surface area contributed by atoms with Gasteiger partial charge in [0.1, 0.15) is 11.4 Å². The van der Waals surface area contributed by atoms with Crippen LogP contribution < -0.4 is 4.74 Å². The average Bonchev–Trinajstić information content (AvgIpc) is 2.07. The van der Waals surface area contributed by atoms with Gasteiger partial charge in [-0.05, 0) is 19.9 Å². The largest absolute Gasteiger partial charge is 0.504 e. The lowest BCUT2D eigenvalue weighted by Gasteiger charge is -2.31. The molecule has 1 aliphatic rings. The average molecular weight is 208 g/mol. The van der Waals surface area contributed by atoms with E-state index in [4.69, 9.17) is 4.74 Å². The number of ether oxygens (including phenoxy) is 1. The number of benzene rings is 1. The van der Waals surface area contributed by atoms with Gasteiger partial charge in [0, 0.05) is 6.07 Å². The summed E-state index contributed by atoms with van der Waals surface area (Å²) in [5.74, 6) is -0.340. The fourth-order valence-corrected chi connectivity index (χ4v) is 1.68. The maximum absolute atomic E-state index is 11.7. The van der Waals surface area contributed by atoms with Gasteiger partial charge < -0.3 is 14.9 Å². The summed E-state index contributed by atoms with van der Waals surface area (Å²) in [7, 11) is 0. The smallest absolute Gasteiger partial charge is 0.170 e. The highest BCUT2D eigenvalue weighted by molar-refractivity contribution is 6.01. The quantitative estimate of drug-likeness (QED) is 0.638. The van der Waals surface area contributed by atoms with Gasteiger partial charge in [0.25, 0.3) is 0 Å². The minimum Gasteiger partial charge on any atom is -0.504 e. The Kier molecular flexibility index (Phi) is 1.89. The number of rotatable bonds is 0. The summed E-state index contributed by atoms with van der Waals surface area (Å²) in [4.78, 5) is 11.7. The molecule has 0 radical (unpaired) electrons. The number of carbonyl (C=O) groups is 1. The van der Waals surface area contributed by atoms with Crippen LogP contribution in [0.3, 0.4) is 0 Å². The highest BCUT2D eigenvalue weighted by Crippen LogP contribution is 2.39. The van der Waals surface area contributed by atoms with Crippen LogP contribution in [0.4, 0.5) is 0 Å². The minimum atomic E-state index is -0.562. The van der Waals surface area contributed by atoms with E-state index in [1.165, 1.54) is 12.1 Å². The lowest BCUT2D eigenvalue weighted by molar-refractivity contribution is 0.0617. The molecule has 2 rings (SSSR count). The van der Waals surface area contributed by atoms with Gasteiger partial charge in [0.2, 0.25) is 0 Å². The van der Waals surface area contributed by atoms with Crippen molar-refractivity contribution in [2.75, 3.05) is 0 Å². The summed E-state index contributed by atoms with van der Waals surface area (Å²) < 4.78 is 5.53. The van der Waals surface area contributed by atoms with Crippen molar-refractivity contribution in [3.05, 3.63) is 17.7 Å². The first-order valence-electron chi connectivity index (χ1n) is 4.67. The summed E-state index contributed by atoms with van der Waals surface area (Å²) >= 11 is 0. The van der Waals surface area contributed by atoms with Crippen molar-refractivity contribution in [3.63, 3.8) is 0 Å². The molecule has 0 spiro atoms. The van der Waals surface area contributed by atoms with Crippen LogP contribution in [-0.4, -0.2) is 21.6 Å². The normalized spacial score (nSPS) is 18.1. The molecule has 0 fully saturated rings. The number of hydrogen-bond donors (Lipinski definition) is 2. The number of Topliss-reactive ketones (excluding diaryl/α,β-unsaturated/α-hetero) is 1. The Balaban J connectivity index is 2.56. The molecule has 4 heteroatoms. The lowest BCUT2D eigenvalue weighted by Crippen LogP contribution is -2.35. The third-order valence-electron chi connectivity index (χ3n) is 2.35. The molecule has 1 heterocycles. The van der Waals surface area contributed by atoms with Crippen LogP contribution >= 0.6 is 0 Å². The van der Waals surface area contributed by atoms with Crippen LogP contribution in [0.5, 0.6) is 17.2 Å². The van der Waals surface area contributed by atoms with Gasteiger partial charge in [-0.2, -0.15) is 0 Å². The minimum absolute atomic E-state index is 0.0865. The van der Waals surface area contributed by atoms with Crippen molar-refractivity contribution in [2.45, 2.75) is 25.9 Å². The molecule has 2 N–H and O–H groups in total. The number of ketones is 1. The Morgan fingerprint density at radius 1 is 1.27 bits per heavy atom. The van der Waals surface area contributed by atoms with Crippen LogP contribution in [0.15, 0.2) is 12.1 Å². The van der Waals surface area contributed by atoms with E-state index in [9.17, 15) is 15.0 Å². The molecule has 15 heavy (non-hydrogen) atoms. The Morgan fingerprint density at radius 2 is 1.87 bits per heavy atom. The molecule has 1 aliphatic heterocycles. The molecule has 0 aromatic heterocycles. The van der Waals surface area contributed by atoms with Crippen LogP contribution in [0.25, 0.3) is 0 Å². The third kappa shape index (κ3) is 1.63. The molecule has 0 saturated heterocycles. The number of fused-ring (bicyclic) bond motifs is 1. The van der Waals surface area contributed by atoms with E-state index in [-0.39, 0.29) is 23.7 Å². The summed E-state index contributed by atoms with van der Waals surface area (Å²) in [5, 5.41) is 18.6. The summed E-state index contributed by atoms with van der Waals surface area (Å²) in [6.07, 6.45) is 0.268. The van der Waals surface area contributed by atoms with Gasteiger partial charge in [-0.25, -0.2) is 0 Å². The highest BCUT2D eigenvalue weighted by Gasteiger charge is 2.33. The van der Waals surface area contributed by atoms with Crippen LogP contribution in [-0.2, 0) is 0 Å². The zero-order valence-corrected chi connectivity index (χ0v) is 8.57. The van der Waals surface area contributed by atoms with Crippen LogP contribution in [0, 0.1) is 0 Å². The Bertz CT molecular complexity index is 434. The topological polar surface area (TPSA) is 66.8 Å². The fourth-order valence-electron chi connectivity index (χ4n) is 1.68. The molecular weight excluding hydrogens is 196 g/mol. The second-order valence-electron chi connectivity index (χ2n) is 4.30. The molecule has 80 valence electrons. The van der Waals surface area contributed by atoms with E-state index in [1.54, 1.807) is 13.8 Å². The predicted octanol–water partition coefficient (Wildman–Crippen LogP) is 1.84. The van der Waals surface area contributed by atoms with E-state index in [0.29, 0.717) is 11.3 Å². The molecule has 0 atom stereocenters. The molecule has 0 saturated carbocycles. The molecule has 1 aromatic rings. The molecule has 0 unspecified atom stereocenters. The van der Waals surface area contributed by atoms with Crippen molar-refractivity contribution < 1.29 is 19.7 Å². The van der Waals surface area contributed by atoms with E-state index < -0.39 is 5.60 Å². The van der Waals surface area contributed by atoms with Crippen molar-refractivity contribution in [1.29, 1.82) is 0 Å². The van der Waals surface area contributed by atoms with Gasteiger partial charge in [-0.3, -0.25) is 4.79 Å². The molecular formula is C11H12O4. The molecule has 0 amide bonds. The van der Waals surface area contributed by atoms with Crippen molar-refractivity contribution in [1.82, 2.24) is 0 Å². The number of hydrogen-bond acceptors (Lipinski definition) is 4. The second-order valence-corrected chi connectivity index (χ2v) is 4.30. The van der Waals surface area contributed by atoms with Gasteiger partial charge in [-0.1, -0.05) is 0 Å². The number of carbonyl (C=O) groups excluding carboxylic acids is 1. The summed E-state index contributed by atoms with van der Waals surface area (Å²) in [6.45, 7) is 3.61. The monoisotopic (exact) mass is 208 g/mol. The van der Waals surface area contributed by atoms with Gasteiger partial charge in [0.15, 0.2) is 17.3 Å². The molecule has 4 nitrogen and oxygen atoms in total. The van der Waals surface area contributed by atoms with Gasteiger partial charge in [-0.15, -0.1) is 0 Å². The Morgan fingerprint density at radius 3 is 2.53 bits per heavy atom. The molecule has 1 aromatic carbocycles. The van der Waals surface area contributed by atoms with Crippen molar-refractivity contribution >= 4 is 5.78 Å². The second kappa shape index (κ2) is 2.89. The van der Waals surface area contributed by atoms with E-state index in [0.717, 1.165) is 0 Å².